The van der Waals surface area contributed by atoms with Gasteiger partial charge in [0.05, 0.1) is 6.04 Å². The zero-order chi connectivity index (χ0) is 13.7. The van der Waals surface area contributed by atoms with Crippen LogP contribution in [-0.2, 0) is 4.79 Å². The minimum Gasteiger partial charge on any atom is -0.378 e. The van der Waals surface area contributed by atoms with Gasteiger partial charge in [0, 0.05) is 12.4 Å². The van der Waals surface area contributed by atoms with E-state index >= 15 is 0 Å². The van der Waals surface area contributed by atoms with Crippen LogP contribution in [0.3, 0.4) is 0 Å². The Bertz CT molecular complexity index is 528. The van der Waals surface area contributed by atoms with Crippen molar-refractivity contribution in [1.82, 2.24) is 10.3 Å². The number of rotatable bonds is 4. The predicted molar refractivity (Wildman–Crippen MR) is 72.2 cm³/mol. The fourth-order valence-electron chi connectivity index (χ4n) is 1.81. The van der Waals surface area contributed by atoms with E-state index in [0.29, 0.717) is 5.56 Å². The first-order valence-electron chi connectivity index (χ1n) is 6.12. The fraction of sp³-hybridized carbons (Fsp3) is 0.200. The number of carbonyl (C=O) groups excluding carboxylic acids is 1. The molecule has 0 aliphatic rings. The third-order valence-electron chi connectivity index (χ3n) is 2.93. The minimum atomic E-state index is -1.17. The highest BCUT2D eigenvalue weighted by Gasteiger charge is 2.19. The summed E-state index contributed by atoms with van der Waals surface area (Å²) in [7, 11) is 0. The Kier molecular flexibility index (Phi) is 4.26. The lowest BCUT2D eigenvalue weighted by molar-refractivity contribution is -0.130. The van der Waals surface area contributed by atoms with Gasteiger partial charge in [-0.15, -0.1) is 0 Å². The van der Waals surface area contributed by atoms with E-state index in [1.165, 1.54) is 0 Å². The Morgan fingerprint density at radius 2 is 1.74 bits per heavy atom. The fourth-order valence-corrected chi connectivity index (χ4v) is 1.81. The number of nitrogens with zero attached hydrogens (tertiary/aromatic N) is 1. The van der Waals surface area contributed by atoms with E-state index in [9.17, 15) is 9.90 Å². The highest BCUT2D eigenvalue weighted by atomic mass is 16.3. The Labute approximate surface area is 112 Å². The molecule has 0 aliphatic carbocycles. The van der Waals surface area contributed by atoms with Crippen molar-refractivity contribution in [3.63, 3.8) is 0 Å². The normalized spacial score (nSPS) is 13.6. The van der Waals surface area contributed by atoms with Crippen LogP contribution >= 0.6 is 0 Å². The Balaban J connectivity index is 2.02. The van der Waals surface area contributed by atoms with Gasteiger partial charge in [0.2, 0.25) is 0 Å². The Hall–Kier alpha value is -2.20. The predicted octanol–water partition coefficient (Wildman–Crippen LogP) is 1.99. The van der Waals surface area contributed by atoms with Gasteiger partial charge in [-0.25, -0.2) is 0 Å². The zero-order valence-corrected chi connectivity index (χ0v) is 10.7. The van der Waals surface area contributed by atoms with Gasteiger partial charge in [-0.05, 0) is 30.2 Å². The summed E-state index contributed by atoms with van der Waals surface area (Å²) in [5, 5.41) is 12.7. The maximum Gasteiger partial charge on any atom is 0.253 e. The van der Waals surface area contributed by atoms with Gasteiger partial charge in [-0.3, -0.25) is 9.78 Å². The molecule has 0 radical (unpaired) electrons. The number of hydrogen-bond donors (Lipinski definition) is 2. The maximum atomic E-state index is 11.9. The molecule has 1 heterocycles. The number of amides is 1. The van der Waals surface area contributed by atoms with E-state index in [1.54, 1.807) is 24.5 Å². The second kappa shape index (κ2) is 6.11. The molecule has 0 fully saturated rings. The number of carbonyl (C=O) groups is 1. The van der Waals surface area contributed by atoms with E-state index in [-0.39, 0.29) is 6.04 Å². The van der Waals surface area contributed by atoms with Crippen LogP contribution in [0.25, 0.3) is 0 Å². The molecule has 2 rings (SSSR count). The van der Waals surface area contributed by atoms with E-state index < -0.39 is 12.0 Å². The lowest BCUT2D eigenvalue weighted by atomic mass is 10.1. The van der Waals surface area contributed by atoms with Gasteiger partial charge in [0.1, 0.15) is 0 Å². The van der Waals surface area contributed by atoms with Gasteiger partial charge in [0.15, 0.2) is 6.10 Å². The molecule has 0 aliphatic heterocycles. The van der Waals surface area contributed by atoms with Crippen LogP contribution in [0.4, 0.5) is 0 Å². The van der Waals surface area contributed by atoms with Crippen LogP contribution in [0.5, 0.6) is 0 Å². The molecule has 0 unspecified atom stereocenters. The molecule has 2 atom stereocenters. The van der Waals surface area contributed by atoms with Crippen molar-refractivity contribution < 1.29 is 9.90 Å². The molecule has 0 saturated carbocycles. The smallest absolute Gasteiger partial charge is 0.253 e. The molecule has 4 heteroatoms. The average Bonchev–Trinajstić information content (AvgIpc) is 2.48. The SMILES string of the molecule is C[C@H](NC(=O)[C@@H](O)c1ccncc1)c1ccccc1. The quantitative estimate of drug-likeness (QED) is 0.879. The minimum absolute atomic E-state index is 0.148. The largest absolute Gasteiger partial charge is 0.378 e. The molecule has 0 saturated heterocycles. The number of aliphatic hydroxyl groups is 1. The van der Waals surface area contributed by atoms with E-state index in [4.69, 9.17) is 0 Å². The molecule has 4 nitrogen and oxygen atoms in total. The van der Waals surface area contributed by atoms with Crippen molar-refractivity contribution in [3.05, 3.63) is 66.0 Å². The van der Waals surface area contributed by atoms with E-state index in [0.717, 1.165) is 5.56 Å². The summed E-state index contributed by atoms with van der Waals surface area (Å²) >= 11 is 0. The van der Waals surface area contributed by atoms with Crippen LogP contribution in [0.1, 0.15) is 30.2 Å². The molecular formula is C15H16N2O2. The van der Waals surface area contributed by atoms with Gasteiger partial charge in [0.25, 0.3) is 5.91 Å². The molecular weight excluding hydrogens is 240 g/mol. The Morgan fingerprint density at radius 1 is 1.11 bits per heavy atom. The third-order valence-corrected chi connectivity index (χ3v) is 2.93. The summed E-state index contributed by atoms with van der Waals surface area (Å²) in [6, 6.07) is 12.7. The maximum absolute atomic E-state index is 11.9. The van der Waals surface area contributed by atoms with Crippen LogP contribution in [0.2, 0.25) is 0 Å². The van der Waals surface area contributed by atoms with Crippen molar-refractivity contribution in [2.75, 3.05) is 0 Å². The zero-order valence-electron chi connectivity index (χ0n) is 10.7. The van der Waals surface area contributed by atoms with Crippen molar-refractivity contribution in [2.45, 2.75) is 19.1 Å². The number of hydrogen-bond acceptors (Lipinski definition) is 3. The number of aromatic nitrogens is 1. The van der Waals surface area contributed by atoms with Gasteiger partial charge >= 0.3 is 0 Å². The van der Waals surface area contributed by atoms with Crippen molar-refractivity contribution in [2.24, 2.45) is 0 Å². The van der Waals surface area contributed by atoms with Crippen LogP contribution in [0, 0.1) is 0 Å². The molecule has 1 amide bonds. The summed E-state index contributed by atoms with van der Waals surface area (Å²) in [6.45, 7) is 1.88. The topological polar surface area (TPSA) is 62.2 Å². The molecule has 2 N–H and O–H groups in total. The van der Waals surface area contributed by atoms with Gasteiger partial charge in [-0.1, -0.05) is 30.3 Å². The highest BCUT2D eigenvalue weighted by Crippen LogP contribution is 2.15. The molecule has 1 aromatic carbocycles. The molecule has 98 valence electrons. The van der Waals surface area contributed by atoms with Crippen LogP contribution in [0.15, 0.2) is 54.9 Å². The second-order valence-electron chi connectivity index (χ2n) is 4.32. The second-order valence-corrected chi connectivity index (χ2v) is 4.32. The summed E-state index contributed by atoms with van der Waals surface area (Å²) in [5.41, 5.74) is 1.53. The number of nitrogens with one attached hydrogen (secondary N) is 1. The molecule has 1 aromatic heterocycles. The summed E-state index contributed by atoms with van der Waals surface area (Å²) < 4.78 is 0. The lowest BCUT2D eigenvalue weighted by Gasteiger charge is -2.17. The summed E-state index contributed by atoms with van der Waals surface area (Å²) in [6.07, 6.45) is 1.92. The molecule has 0 bridgehead atoms. The molecule has 2 aromatic rings. The first-order chi connectivity index (χ1) is 9.18. The van der Waals surface area contributed by atoms with Crippen LogP contribution < -0.4 is 5.32 Å². The monoisotopic (exact) mass is 256 g/mol. The van der Waals surface area contributed by atoms with Crippen molar-refractivity contribution in [3.8, 4) is 0 Å². The lowest BCUT2D eigenvalue weighted by Crippen LogP contribution is -2.31. The number of aliphatic hydroxyl groups excluding tert-OH is 1. The number of pyridine rings is 1. The first kappa shape index (κ1) is 13.2. The van der Waals surface area contributed by atoms with Gasteiger partial charge in [-0.2, -0.15) is 0 Å². The Morgan fingerprint density at radius 3 is 2.37 bits per heavy atom. The average molecular weight is 256 g/mol. The number of benzene rings is 1. The summed E-state index contributed by atoms with van der Waals surface area (Å²) in [5.74, 6) is -0.414. The highest BCUT2D eigenvalue weighted by molar-refractivity contribution is 5.82. The standard InChI is InChI=1S/C15H16N2O2/c1-11(12-5-3-2-4-6-12)17-15(19)14(18)13-7-9-16-10-8-13/h2-11,14,18H,1H3,(H,17,19)/t11-,14-/m0/s1. The van der Waals surface area contributed by atoms with Gasteiger partial charge < -0.3 is 10.4 Å². The van der Waals surface area contributed by atoms with E-state index in [1.807, 2.05) is 37.3 Å². The summed E-state index contributed by atoms with van der Waals surface area (Å²) in [4.78, 5) is 15.8. The van der Waals surface area contributed by atoms with Crippen molar-refractivity contribution in [1.29, 1.82) is 0 Å². The molecule has 19 heavy (non-hydrogen) atoms. The van der Waals surface area contributed by atoms with E-state index in [2.05, 4.69) is 10.3 Å². The molecule has 0 spiro atoms. The van der Waals surface area contributed by atoms with Crippen LogP contribution in [-0.4, -0.2) is 16.0 Å². The van der Waals surface area contributed by atoms with Crippen molar-refractivity contribution >= 4 is 5.91 Å². The first-order valence-corrected chi connectivity index (χ1v) is 6.12. The third kappa shape index (κ3) is 3.39.